The van der Waals surface area contributed by atoms with Gasteiger partial charge in [-0.25, -0.2) is 9.55 Å². The maximum Gasteiger partial charge on any atom is 0.257 e. The number of hydrogen-bond donors (Lipinski definition) is 1. The number of rotatable bonds is 39. The van der Waals surface area contributed by atoms with Crippen molar-refractivity contribution in [2.45, 2.75) is 277 Å². The molecule has 2 atom stereocenters. The summed E-state index contributed by atoms with van der Waals surface area (Å²) in [5.74, 6) is 2.23. The topological polar surface area (TPSA) is 19.7 Å². The van der Waals surface area contributed by atoms with Crippen molar-refractivity contribution < 1.29 is 4.57 Å². The molecule has 0 radical (unpaired) electrons. The van der Waals surface area contributed by atoms with Gasteiger partial charge in [-0.3, -0.25) is 0 Å². The molecule has 2 heteroatoms. The van der Waals surface area contributed by atoms with Crippen LogP contribution in [0.25, 0.3) is 0 Å². The summed E-state index contributed by atoms with van der Waals surface area (Å²) in [7, 11) is 0. The van der Waals surface area contributed by atoms with E-state index in [9.17, 15) is 0 Å². The van der Waals surface area contributed by atoms with Crippen LogP contribution in [0.3, 0.4) is 0 Å². The van der Waals surface area contributed by atoms with Crippen molar-refractivity contribution in [2.75, 3.05) is 0 Å². The fraction of sp³-hybridized carbons (Fsp3) is 0.935. The number of imidazole rings is 1. The van der Waals surface area contributed by atoms with Crippen LogP contribution >= 0.6 is 0 Å². The highest BCUT2D eigenvalue weighted by atomic mass is 15.1. The largest absolute Gasteiger partial charge is 0.257 e. The zero-order valence-corrected chi connectivity index (χ0v) is 33.9. The first-order chi connectivity index (χ1) is 23.7. The second kappa shape index (κ2) is 36.0. The van der Waals surface area contributed by atoms with E-state index in [2.05, 4.69) is 49.6 Å². The minimum Gasteiger partial charge on any atom is -0.247 e. The van der Waals surface area contributed by atoms with E-state index < -0.39 is 0 Å². The molecule has 284 valence electrons. The van der Waals surface area contributed by atoms with Gasteiger partial charge < -0.3 is 0 Å². The number of nitrogens with zero attached hydrogens (tertiary/aromatic N) is 1. The highest BCUT2D eigenvalue weighted by molar-refractivity contribution is 4.90. The number of aromatic amines is 1. The van der Waals surface area contributed by atoms with Crippen molar-refractivity contribution in [1.82, 2.24) is 4.98 Å². The molecule has 0 bridgehead atoms. The highest BCUT2D eigenvalue weighted by Gasteiger charge is 2.25. The molecule has 0 spiro atoms. The highest BCUT2D eigenvalue weighted by Crippen LogP contribution is 2.27. The Balaban J connectivity index is 2.15. The molecule has 1 aromatic heterocycles. The Hall–Kier alpha value is -0.790. The van der Waals surface area contributed by atoms with Gasteiger partial charge in [-0.2, -0.15) is 0 Å². The zero-order chi connectivity index (χ0) is 34.6. The number of H-pyrrole nitrogens is 1. The fourth-order valence-corrected chi connectivity index (χ4v) is 8.10. The van der Waals surface area contributed by atoms with Crippen LogP contribution < -0.4 is 4.57 Å². The molecule has 0 aliphatic heterocycles. The lowest BCUT2D eigenvalue weighted by Crippen LogP contribution is -2.41. The summed E-state index contributed by atoms with van der Waals surface area (Å²) in [4.78, 5) is 3.72. The van der Waals surface area contributed by atoms with Crippen LogP contribution in [-0.4, -0.2) is 4.98 Å². The van der Waals surface area contributed by atoms with Gasteiger partial charge in [0.05, 0.1) is 12.0 Å². The Kier molecular flexibility index (Phi) is 33.9. The number of aromatic nitrogens is 2. The molecule has 1 N–H and O–H groups in total. The standard InChI is InChI=1S/C46H90N2/c1-5-8-10-12-14-16-18-20-22-24-26-28-30-32-34-36-38-41-45(46-47-42-43-48(46)44(4)39-7-3)40-37-35-33-31-29-27-25-23-21-19-17-15-13-11-9-6-2/h42-45H,5-41H2,1-4H3/p+1. The number of unbranched alkanes of at least 4 members (excludes halogenated alkanes) is 31. The lowest BCUT2D eigenvalue weighted by molar-refractivity contribution is -0.727. The Morgan fingerprint density at radius 2 is 0.688 bits per heavy atom. The molecule has 0 saturated heterocycles. The third-order valence-electron chi connectivity index (χ3n) is 11.4. The molecular weight excluding hydrogens is 581 g/mol. The van der Waals surface area contributed by atoms with Crippen molar-refractivity contribution >= 4 is 0 Å². The van der Waals surface area contributed by atoms with Gasteiger partial charge in [-0.15, -0.1) is 0 Å². The lowest BCUT2D eigenvalue weighted by Gasteiger charge is -2.17. The Labute approximate surface area is 304 Å². The van der Waals surface area contributed by atoms with Crippen LogP contribution in [0.1, 0.15) is 283 Å². The second-order valence-electron chi connectivity index (χ2n) is 16.1. The maximum atomic E-state index is 3.72. The first-order valence-corrected chi connectivity index (χ1v) is 22.8. The Morgan fingerprint density at radius 1 is 0.396 bits per heavy atom. The van der Waals surface area contributed by atoms with E-state index in [1.807, 2.05) is 0 Å². The average Bonchev–Trinajstić information content (AvgIpc) is 3.59. The molecule has 1 aromatic rings. The van der Waals surface area contributed by atoms with Crippen molar-refractivity contribution in [3.05, 3.63) is 18.2 Å². The van der Waals surface area contributed by atoms with E-state index in [4.69, 9.17) is 0 Å². The third-order valence-corrected chi connectivity index (χ3v) is 11.4. The third kappa shape index (κ3) is 27.0. The van der Waals surface area contributed by atoms with Crippen LogP contribution in [-0.2, 0) is 0 Å². The molecule has 0 amide bonds. The van der Waals surface area contributed by atoms with Gasteiger partial charge in [-0.05, 0) is 26.2 Å². The summed E-state index contributed by atoms with van der Waals surface area (Å²) >= 11 is 0. The first kappa shape index (κ1) is 45.2. The first-order valence-electron chi connectivity index (χ1n) is 22.8. The minimum atomic E-state index is 0.611. The Morgan fingerprint density at radius 3 is 0.979 bits per heavy atom. The second-order valence-corrected chi connectivity index (χ2v) is 16.1. The van der Waals surface area contributed by atoms with Crippen LogP contribution in [0.5, 0.6) is 0 Å². The van der Waals surface area contributed by atoms with Crippen LogP contribution in [0, 0.1) is 0 Å². The monoisotopic (exact) mass is 672 g/mol. The molecule has 0 aliphatic rings. The molecule has 1 rings (SSSR count). The van der Waals surface area contributed by atoms with E-state index in [1.54, 1.807) is 0 Å². The molecule has 0 saturated carbocycles. The molecular formula is C46H91N2+. The van der Waals surface area contributed by atoms with Gasteiger partial charge >= 0.3 is 0 Å². The summed E-state index contributed by atoms with van der Waals surface area (Å²) in [5.41, 5.74) is 0. The van der Waals surface area contributed by atoms with Crippen molar-refractivity contribution in [3.8, 4) is 0 Å². The smallest absolute Gasteiger partial charge is 0.247 e. The summed E-state index contributed by atoms with van der Waals surface area (Å²) in [6, 6.07) is 0.611. The maximum absolute atomic E-state index is 3.72. The van der Waals surface area contributed by atoms with Crippen molar-refractivity contribution in [1.29, 1.82) is 0 Å². The van der Waals surface area contributed by atoms with Crippen molar-refractivity contribution in [3.63, 3.8) is 0 Å². The predicted octanol–water partition coefficient (Wildman–Crippen LogP) is 16.4. The fourth-order valence-electron chi connectivity index (χ4n) is 8.10. The molecule has 0 fully saturated rings. The average molecular weight is 672 g/mol. The van der Waals surface area contributed by atoms with Gasteiger partial charge in [0, 0.05) is 0 Å². The Bertz CT molecular complexity index is 738. The molecule has 48 heavy (non-hydrogen) atoms. The van der Waals surface area contributed by atoms with Gasteiger partial charge in [0.15, 0.2) is 0 Å². The molecule has 2 unspecified atom stereocenters. The SMILES string of the molecule is CCCCCCCCCCCCCCCCCCCC(CCCCCCCCCCCCCCCCCC)c1[nH]cc[n+]1C(C)CCC. The van der Waals surface area contributed by atoms with Crippen LogP contribution in [0.15, 0.2) is 12.4 Å². The lowest BCUT2D eigenvalue weighted by atomic mass is 9.92. The van der Waals surface area contributed by atoms with E-state index in [-0.39, 0.29) is 0 Å². The molecule has 0 aliphatic carbocycles. The van der Waals surface area contributed by atoms with E-state index in [1.165, 1.54) is 243 Å². The quantitative estimate of drug-likeness (QED) is 0.0531. The summed E-state index contributed by atoms with van der Waals surface area (Å²) < 4.78 is 2.59. The van der Waals surface area contributed by atoms with Crippen LogP contribution in [0.2, 0.25) is 0 Å². The van der Waals surface area contributed by atoms with E-state index in [0.29, 0.717) is 12.0 Å². The van der Waals surface area contributed by atoms with Crippen LogP contribution in [0.4, 0.5) is 0 Å². The van der Waals surface area contributed by atoms with Gasteiger partial charge in [0.2, 0.25) is 0 Å². The van der Waals surface area contributed by atoms with Crippen molar-refractivity contribution in [2.24, 2.45) is 0 Å². The molecule has 0 aromatic carbocycles. The van der Waals surface area contributed by atoms with Gasteiger partial charge in [-0.1, -0.05) is 239 Å². The van der Waals surface area contributed by atoms with E-state index >= 15 is 0 Å². The summed E-state index contributed by atoms with van der Waals surface area (Å²) in [6.45, 7) is 9.37. The molecule has 1 heterocycles. The number of hydrogen-bond acceptors (Lipinski definition) is 0. The normalized spacial score (nSPS) is 13.0. The zero-order valence-electron chi connectivity index (χ0n) is 33.9. The van der Waals surface area contributed by atoms with E-state index in [0.717, 1.165) is 0 Å². The number of nitrogens with one attached hydrogen (secondary N) is 1. The van der Waals surface area contributed by atoms with Gasteiger partial charge in [0.1, 0.15) is 12.4 Å². The van der Waals surface area contributed by atoms with Gasteiger partial charge in [0.25, 0.3) is 5.82 Å². The minimum absolute atomic E-state index is 0.611. The predicted molar refractivity (Wildman–Crippen MR) is 216 cm³/mol. The molecule has 2 nitrogen and oxygen atoms in total. The summed E-state index contributed by atoms with van der Waals surface area (Å²) in [6.07, 6.45) is 57.8. The summed E-state index contributed by atoms with van der Waals surface area (Å²) in [5, 5.41) is 0.